The minimum Gasteiger partial charge on any atom is -0.381 e. The molecule has 45 heavy (non-hydrogen) atoms. The Morgan fingerprint density at radius 3 is 2.73 bits per heavy atom. The summed E-state index contributed by atoms with van der Waals surface area (Å²) in [6.45, 7) is 12.9. The van der Waals surface area contributed by atoms with Gasteiger partial charge in [-0.15, -0.1) is 0 Å². The molecule has 1 fully saturated rings. The Labute approximate surface area is 263 Å². The smallest absolute Gasteiger partial charge is 0.354 e. The van der Waals surface area contributed by atoms with E-state index >= 15 is 4.39 Å². The van der Waals surface area contributed by atoms with Crippen molar-refractivity contribution in [3.63, 3.8) is 0 Å². The standard InChI is InChI=1S/C33H32ClFN8O2/c1-6-22(44)41-11-12-42-19(15-41)13-37-29-25-31(27(35)24(26(29)34)23-17(4)7-8-21-20(23)14-38-40-21)43(33(45)39-32(25)42)30-18(5)9-10-36-28(30)16(2)3/h6-10,14,16,19,37H,1,11-13,15H2,2-5H3,(H,38,40). The topological polar surface area (TPSA) is 112 Å². The first-order valence-electron chi connectivity index (χ1n) is 14.9. The van der Waals surface area contributed by atoms with E-state index in [2.05, 4.69) is 32.1 Å². The van der Waals surface area contributed by atoms with Crippen LogP contribution in [0.5, 0.6) is 0 Å². The van der Waals surface area contributed by atoms with Crippen molar-refractivity contribution in [1.82, 2.24) is 29.6 Å². The van der Waals surface area contributed by atoms with Gasteiger partial charge in [0, 0.05) is 48.9 Å². The number of anilines is 2. The molecule has 1 unspecified atom stereocenters. The van der Waals surface area contributed by atoms with Crippen molar-refractivity contribution in [1.29, 1.82) is 0 Å². The highest BCUT2D eigenvalue weighted by atomic mass is 35.5. The predicted octanol–water partition coefficient (Wildman–Crippen LogP) is 5.49. The van der Waals surface area contributed by atoms with Crippen LogP contribution in [-0.2, 0) is 4.79 Å². The van der Waals surface area contributed by atoms with Crippen LogP contribution in [0.4, 0.5) is 15.9 Å². The number of amides is 1. The van der Waals surface area contributed by atoms with Crippen molar-refractivity contribution in [2.75, 3.05) is 36.4 Å². The number of H-pyrrole nitrogens is 1. The van der Waals surface area contributed by atoms with Crippen LogP contribution in [0.25, 0.3) is 38.6 Å². The molecule has 0 aliphatic carbocycles. The fourth-order valence-electron chi connectivity index (χ4n) is 6.80. The minimum atomic E-state index is -0.644. The number of halogens is 2. The number of piperazine rings is 1. The molecule has 1 saturated heterocycles. The summed E-state index contributed by atoms with van der Waals surface area (Å²) in [6.07, 6.45) is 4.65. The highest BCUT2D eigenvalue weighted by Crippen LogP contribution is 2.49. The van der Waals surface area contributed by atoms with E-state index in [0.29, 0.717) is 65.4 Å². The first-order valence-corrected chi connectivity index (χ1v) is 15.3. The number of carbonyl (C=O) groups is 1. The van der Waals surface area contributed by atoms with E-state index in [4.69, 9.17) is 11.6 Å². The molecule has 230 valence electrons. The molecule has 12 heteroatoms. The summed E-state index contributed by atoms with van der Waals surface area (Å²) in [5, 5.41) is 11.9. The Bertz CT molecular complexity index is 2120. The van der Waals surface area contributed by atoms with Gasteiger partial charge < -0.3 is 15.1 Å². The van der Waals surface area contributed by atoms with Gasteiger partial charge in [0.1, 0.15) is 11.3 Å². The van der Waals surface area contributed by atoms with Crippen molar-refractivity contribution >= 4 is 50.8 Å². The number of hydrogen-bond acceptors (Lipinski definition) is 7. The third-order valence-electron chi connectivity index (χ3n) is 8.96. The molecule has 0 spiro atoms. The van der Waals surface area contributed by atoms with Crippen molar-refractivity contribution in [3.8, 4) is 16.8 Å². The molecule has 2 aliphatic rings. The zero-order valence-corrected chi connectivity index (χ0v) is 26.2. The molecular formula is C33H32ClFN8O2. The molecule has 3 aromatic heterocycles. The third-order valence-corrected chi connectivity index (χ3v) is 9.33. The molecule has 2 aliphatic heterocycles. The molecule has 0 radical (unpaired) electrons. The minimum absolute atomic E-state index is 0.0635. The average Bonchev–Trinajstić information content (AvgIpc) is 3.44. The van der Waals surface area contributed by atoms with Crippen LogP contribution >= 0.6 is 11.6 Å². The van der Waals surface area contributed by atoms with Crippen LogP contribution in [0.3, 0.4) is 0 Å². The number of pyridine rings is 1. The van der Waals surface area contributed by atoms with Gasteiger partial charge in [-0.05, 0) is 49.1 Å². The van der Waals surface area contributed by atoms with Gasteiger partial charge >= 0.3 is 5.69 Å². The Morgan fingerprint density at radius 2 is 1.98 bits per heavy atom. The van der Waals surface area contributed by atoms with E-state index in [1.807, 2.05) is 50.8 Å². The van der Waals surface area contributed by atoms with E-state index in [0.717, 1.165) is 16.6 Å². The van der Waals surface area contributed by atoms with Crippen LogP contribution < -0.4 is 15.9 Å². The summed E-state index contributed by atoms with van der Waals surface area (Å²) in [7, 11) is 0. The SMILES string of the molecule is C=CC(=O)N1CCN2c3nc(=O)n(-c4c(C)ccnc4C(C)C)c4c(F)c(-c5c(C)ccc6[nH]ncc56)c(Cl)c(c34)NCC2C1. The van der Waals surface area contributed by atoms with Gasteiger partial charge in [0.2, 0.25) is 5.91 Å². The largest absolute Gasteiger partial charge is 0.381 e. The summed E-state index contributed by atoms with van der Waals surface area (Å²) >= 11 is 7.24. The first-order chi connectivity index (χ1) is 21.6. The second-order valence-corrected chi connectivity index (χ2v) is 12.4. The Balaban J connectivity index is 1.62. The zero-order valence-electron chi connectivity index (χ0n) is 25.4. The van der Waals surface area contributed by atoms with Gasteiger partial charge in [-0.3, -0.25) is 19.4 Å². The number of carbonyl (C=O) groups excluding carboxylic acids is 1. The Kier molecular flexibility index (Phi) is 6.88. The molecule has 5 heterocycles. The van der Waals surface area contributed by atoms with E-state index in [1.165, 1.54) is 10.6 Å². The van der Waals surface area contributed by atoms with E-state index < -0.39 is 11.5 Å². The van der Waals surface area contributed by atoms with Crippen LogP contribution in [0.15, 0.2) is 48.0 Å². The first kappa shape index (κ1) is 29.0. The molecule has 2 N–H and O–H groups in total. The molecular weight excluding hydrogens is 595 g/mol. The quantitative estimate of drug-likeness (QED) is 0.254. The number of aromatic amines is 1. The van der Waals surface area contributed by atoms with Gasteiger partial charge in [-0.1, -0.05) is 38.1 Å². The molecule has 1 atom stereocenters. The number of aromatic nitrogens is 5. The third kappa shape index (κ3) is 4.32. The number of benzene rings is 2. The normalized spacial score (nSPS) is 16.2. The fraction of sp³-hybridized carbons (Fsp3) is 0.303. The molecule has 1 amide bonds. The summed E-state index contributed by atoms with van der Waals surface area (Å²) in [4.78, 5) is 39.8. The highest BCUT2D eigenvalue weighted by Gasteiger charge is 2.37. The van der Waals surface area contributed by atoms with Crippen molar-refractivity contribution < 1.29 is 9.18 Å². The number of aryl methyl sites for hydroxylation is 2. The van der Waals surface area contributed by atoms with Gasteiger partial charge in [0.15, 0.2) is 5.82 Å². The van der Waals surface area contributed by atoms with E-state index in [-0.39, 0.29) is 34.0 Å². The molecule has 7 rings (SSSR count). The summed E-state index contributed by atoms with van der Waals surface area (Å²) < 4.78 is 19.0. The molecule has 2 aromatic carbocycles. The van der Waals surface area contributed by atoms with Crippen LogP contribution in [-0.4, -0.2) is 67.8 Å². The van der Waals surface area contributed by atoms with Gasteiger partial charge in [0.25, 0.3) is 0 Å². The lowest BCUT2D eigenvalue weighted by atomic mass is 9.94. The second-order valence-electron chi connectivity index (χ2n) is 12.0. The maximum Gasteiger partial charge on any atom is 0.354 e. The molecule has 5 aromatic rings. The summed E-state index contributed by atoms with van der Waals surface area (Å²) in [5.74, 6) is -0.546. The molecule has 0 bridgehead atoms. The van der Waals surface area contributed by atoms with E-state index in [1.54, 1.807) is 17.3 Å². The number of nitrogens with one attached hydrogen (secondary N) is 2. The van der Waals surface area contributed by atoms with Crippen molar-refractivity contribution in [2.45, 2.75) is 39.7 Å². The van der Waals surface area contributed by atoms with Crippen LogP contribution in [0.2, 0.25) is 5.02 Å². The second kappa shape index (κ2) is 10.7. The monoisotopic (exact) mass is 626 g/mol. The Morgan fingerprint density at radius 1 is 1.18 bits per heavy atom. The van der Waals surface area contributed by atoms with Crippen molar-refractivity contribution in [2.24, 2.45) is 0 Å². The van der Waals surface area contributed by atoms with Crippen LogP contribution in [0.1, 0.15) is 36.6 Å². The van der Waals surface area contributed by atoms with Crippen molar-refractivity contribution in [3.05, 3.63) is 81.4 Å². The number of hydrogen-bond donors (Lipinski definition) is 2. The number of nitrogens with zero attached hydrogens (tertiary/aromatic N) is 6. The lowest BCUT2D eigenvalue weighted by Crippen LogP contribution is -2.57. The number of fused-ring (bicyclic) bond motifs is 3. The number of rotatable bonds is 4. The maximum absolute atomic E-state index is 17.7. The lowest BCUT2D eigenvalue weighted by Gasteiger charge is -2.41. The Hall–Kier alpha value is -4.77. The van der Waals surface area contributed by atoms with E-state index in [9.17, 15) is 9.59 Å². The molecule has 10 nitrogen and oxygen atoms in total. The maximum atomic E-state index is 17.7. The van der Waals surface area contributed by atoms with Gasteiger partial charge in [0.05, 0.1) is 45.2 Å². The van der Waals surface area contributed by atoms with Crippen LogP contribution in [0, 0.1) is 19.7 Å². The highest BCUT2D eigenvalue weighted by molar-refractivity contribution is 6.39. The average molecular weight is 627 g/mol. The fourth-order valence-corrected chi connectivity index (χ4v) is 7.14. The lowest BCUT2D eigenvalue weighted by molar-refractivity contribution is -0.126. The summed E-state index contributed by atoms with van der Waals surface area (Å²) in [5.41, 5.74) is 4.09. The molecule has 0 saturated carbocycles. The zero-order chi connectivity index (χ0) is 31.7. The predicted molar refractivity (Wildman–Crippen MR) is 175 cm³/mol. The van der Waals surface area contributed by atoms with Gasteiger partial charge in [-0.2, -0.15) is 10.1 Å². The van der Waals surface area contributed by atoms with Gasteiger partial charge in [-0.25, -0.2) is 9.18 Å². The summed E-state index contributed by atoms with van der Waals surface area (Å²) in [6, 6.07) is 5.33.